The molecule has 25 heavy (non-hydrogen) atoms. The number of benzene rings is 3. The molecule has 4 heteroatoms. The minimum Gasteiger partial charge on any atom is -0.385 e. The van der Waals surface area contributed by atoms with Crippen LogP contribution in [-0.4, -0.2) is 12.5 Å². The van der Waals surface area contributed by atoms with Crippen LogP contribution in [0.4, 0.5) is 15.8 Å². The van der Waals surface area contributed by atoms with E-state index in [9.17, 15) is 9.18 Å². The van der Waals surface area contributed by atoms with Crippen LogP contribution >= 0.6 is 0 Å². The number of hydrogen-bond acceptors (Lipinski definition) is 2. The topological polar surface area (TPSA) is 41.1 Å². The number of rotatable bonds is 6. The average Bonchev–Trinajstić information content (AvgIpc) is 2.64. The Hall–Kier alpha value is -3.14. The van der Waals surface area contributed by atoms with Crippen LogP contribution in [0.5, 0.6) is 0 Å². The van der Waals surface area contributed by atoms with Crippen LogP contribution in [0, 0.1) is 5.82 Å². The molecule has 3 aromatic carbocycles. The van der Waals surface area contributed by atoms with E-state index < -0.39 is 0 Å². The number of carbonyl (C=O) groups excluding carboxylic acids is 1. The maximum Gasteiger partial charge on any atom is 0.255 e. The van der Waals surface area contributed by atoms with Crippen LogP contribution in [0.3, 0.4) is 0 Å². The average molecular weight is 334 g/mol. The fourth-order valence-corrected chi connectivity index (χ4v) is 2.47. The van der Waals surface area contributed by atoms with E-state index in [1.165, 1.54) is 29.8 Å². The number of anilines is 2. The van der Waals surface area contributed by atoms with Gasteiger partial charge in [-0.2, -0.15) is 0 Å². The van der Waals surface area contributed by atoms with Crippen molar-refractivity contribution in [3.63, 3.8) is 0 Å². The van der Waals surface area contributed by atoms with Crippen molar-refractivity contribution >= 4 is 17.3 Å². The molecule has 126 valence electrons. The Morgan fingerprint density at radius 1 is 0.800 bits per heavy atom. The van der Waals surface area contributed by atoms with Crippen molar-refractivity contribution in [3.8, 4) is 0 Å². The summed E-state index contributed by atoms with van der Waals surface area (Å²) >= 11 is 0. The number of nitrogens with one attached hydrogen (secondary N) is 2. The molecule has 0 saturated heterocycles. The molecule has 0 aliphatic carbocycles. The lowest BCUT2D eigenvalue weighted by Crippen LogP contribution is -2.12. The fourth-order valence-electron chi connectivity index (χ4n) is 2.47. The van der Waals surface area contributed by atoms with E-state index in [-0.39, 0.29) is 11.7 Å². The van der Waals surface area contributed by atoms with Gasteiger partial charge in [0.25, 0.3) is 5.91 Å². The van der Waals surface area contributed by atoms with Gasteiger partial charge in [0.05, 0.1) is 0 Å². The van der Waals surface area contributed by atoms with Crippen molar-refractivity contribution in [2.45, 2.75) is 6.42 Å². The SMILES string of the molecule is O=C(Nc1ccc(NCCc2ccccc2)cc1)c1ccc(F)cc1. The number of carbonyl (C=O) groups is 1. The summed E-state index contributed by atoms with van der Waals surface area (Å²) in [5.41, 5.74) is 3.41. The van der Waals surface area contributed by atoms with E-state index >= 15 is 0 Å². The molecule has 0 radical (unpaired) electrons. The van der Waals surface area contributed by atoms with Gasteiger partial charge in [-0.1, -0.05) is 30.3 Å². The van der Waals surface area contributed by atoms with Gasteiger partial charge in [0, 0.05) is 23.5 Å². The van der Waals surface area contributed by atoms with E-state index in [1.807, 2.05) is 42.5 Å². The number of amides is 1. The highest BCUT2D eigenvalue weighted by Gasteiger charge is 2.06. The quantitative estimate of drug-likeness (QED) is 0.684. The largest absolute Gasteiger partial charge is 0.385 e. The summed E-state index contributed by atoms with van der Waals surface area (Å²) in [4.78, 5) is 12.1. The Morgan fingerprint density at radius 3 is 2.12 bits per heavy atom. The standard InChI is InChI=1S/C21H19FN2O/c22-18-8-6-17(7-9-18)21(25)24-20-12-10-19(11-13-20)23-15-14-16-4-2-1-3-5-16/h1-13,23H,14-15H2,(H,24,25). The van der Waals surface area contributed by atoms with E-state index in [1.54, 1.807) is 0 Å². The minimum atomic E-state index is -0.359. The van der Waals surface area contributed by atoms with Gasteiger partial charge < -0.3 is 10.6 Å². The van der Waals surface area contributed by atoms with Gasteiger partial charge in [-0.3, -0.25) is 4.79 Å². The van der Waals surface area contributed by atoms with Gasteiger partial charge in [-0.15, -0.1) is 0 Å². The van der Waals surface area contributed by atoms with Crippen molar-refractivity contribution in [1.82, 2.24) is 0 Å². The molecular formula is C21H19FN2O. The molecule has 0 heterocycles. The summed E-state index contributed by atoms with van der Waals surface area (Å²) < 4.78 is 12.9. The van der Waals surface area contributed by atoms with Crippen molar-refractivity contribution in [2.75, 3.05) is 17.2 Å². The smallest absolute Gasteiger partial charge is 0.255 e. The van der Waals surface area contributed by atoms with Crippen LogP contribution in [-0.2, 0) is 6.42 Å². The molecule has 0 bridgehead atoms. The summed E-state index contributed by atoms with van der Waals surface area (Å²) in [5.74, 6) is -0.618. The van der Waals surface area contributed by atoms with E-state index in [0.29, 0.717) is 11.3 Å². The first-order valence-electron chi connectivity index (χ1n) is 8.15. The lowest BCUT2D eigenvalue weighted by Gasteiger charge is -2.09. The van der Waals surface area contributed by atoms with Gasteiger partial charge >= 0.3 is 0 Å². The van der Waals surface area contributed by atoms with Crippen LogP contribution < -0.4 is 10.6 Å². The molecule has 0 unspecified atom stereocenters. The zero-order valence-electron chi connectivity index (χ0n) is 13.7. The van der Waals surface area contributed by atoms with Crippen LogP contribution in [0.15, 0.2) is 78.9 Å². The molecule has 3 nitrogen and oxygen atoms in total. The summed E-state index contributed by atoms with van der Waals surface area (Å²) in [6.45, 7) is 0.839. The molecule has 0 aliphatic rings. The van der Waals surface area contributed by atoms with Crippen LogP contribution in [0.25, 0.3) is 0 Å². The molecule has 0 atom stereocenters. The monoisotopic (exact) mass is 334 g/mol. The summed E-state index contributed by atoms with van der Waals surface area (Å²) in [7, 11) is 0. The predicted octanol–water partition coefficient (Wildman–Crippen LogP) is 4.73. The van der Waals surface area contributed by atoms with Crippen molar-refractivity contribution < 1.29 is 9.18 Å². The first-order chi connectivity index (χ1) is 12.2. The third-order valence-corrected chi connectivity index (χ3v) is 3.83. The second-order valence-corrected chi connectivity index (χ2v) is 5.70. The van der Waals surface area contributed by atoms with Gasteiger partial charge in [-0.05, 0) is 60.5 Å². The molecule has 0 fully saturated rings. The second-order valence-electron chi connectivity index (χ2n) is 5.70. The molecule has 0 aromatic heterocycles. The lowest BCUT2D eigenvalue weighted by atomic mass is 10.1. The number of hydrogen-bond donors (Lipinski definition) is 2. The summed E-state index contributed by atoms with van der Waals surface area (Å²) in [6, 6.07) is 23.3. The molecule has 1 amide bonds. The Labute approximate surface area is 146 Å². The Bertz CT molecular complexity index is 815. The lowest BCUT2D eigenvalue weighted by molar-refractivity contribution is 0.102. The normalized spacial score (nSPS) is 10.3. The molecule has 2 N–H and O–H groups in total. The molecular weight excluding hydrogens is 315 g/mol. The van der Waals surface area contributed by atoms with Gasteiger partial charge in [-0.25, -0.2) is 4.39 Å². The maximum absolute atomic E-state index is 12.9. The molecule has 0 saturated carbocycles. The number of halogens is 1. The van der Waals surface area contributed by atoms with Gasteiger partial charge in [0.15, 0.2) is 0 Å². The molecule has 3 rings (SSSR count). The zero-order valence-corrected chi connectivity index (χ0v) is 13.7. The van der Waals surface area contributed by atoms with E-state index in [2.05, 4.69) is 22.8 Å². The van der Waals surface area contributed by atoms with Crippen molar-refractivity contribution in [2.24, 2.45) is 0 Å². The van der Waals surface area contributed by atoms with Gasteiger partial charge in [0.2, 0.25) is 0 Å². The van der Waals surface area contributed by atoms with Crippen molar-refractivity contribution in [3.05, 3.63) is 95.8 Å². The van der Waals surface area contributed by atoms with E-state index in [0.717, 1.165) is 18.7 Å². The Balaban J connectivity index is 1.51. The zero-order chi connectivity index (χ0) is 17.5. The highest BCUT2D eigenvalue weighted by atomic mass is 19.1. The Kier molecular flexibility index (Phi) is 5.42. The summed E-state index contributed by atoms with van der Waals surface area (Å²) in [6.07, 6.45) is 0.948. The Morgan fingerprint density at radius 2 is 1.44 bits per heavy atom. The molecule has 0 spiro atoms. The predicted molar refractivity (Wildman–Crippen MR) is 99.4 cm³/mol. The van der Waals surface area contributed by atoms with Crippen LogP contribution in [0.1, 0.15) is 15.9 Å². The highest BCUT2D eigenvalue weighted by molar-refractivity contribution is 6.04. The summed E-state index contributed by atoms with van der Waals surface area (Å²) in [5, 5.41) is 6.15. The molecule has 0 aliphatic heterocycles. The maximum atomic E-state index is 12.9. The van der Waals surface area contributed by atoms with Crippen molar-refractivity contribution in [1.29, 1.82) is 0 Å². The third kappa shape index (κ3) is 4.91. The van der Waals surface area contributed by atoms with E-state index in [4.69, 9.17) is 0 Å². The third-order valence-electron chi connectivity index (χ3n) is 3.83. The van der Waals surface area contributed by atoms with Crippen LogP contribution in [0.2, 0.25) is 0 Å². The first-order valence-corrected chi connectivity index (χ1v) is 8.15. The van der Waals surface area contributed by atoms with Gasteiger partial charge in [0.1, 0.15) is 5.82 Å². The highest BCUT2D eigenvalue weighted by Crippen LogP contribution is 2.15. The fraction of sp³-hybridized carbons (Fsp3) is 0.0952. The second kappa shape index (κ2) is 8.11. The minimum absolute atomic E-state index is 0.259. The first kappa shape index (κ1) is 16.7. The molecule has 3 aromatic rings.